The molecule has 0 bridgehead atoms. The number of aromatic nitrogens is 2. The minimum atomic E-state index is -0.577. The maximum absolute atomic E-state index is 10.8. The topological polar surface area (TPSA) is 71.2 Å². The van der Waals surface area contributed by atoms with Gasteiger partial charge in [-0.05, 0) is 23.8 Å². The van der Waals surface area contributed by atoms with Gasteiger partial charge in [-0.1, -0.05) is 11.6 Å². The Kier molecular flexibility index (Phi) is 1.94. The van der Waals surface area contributed by atoms with E-state index in [-0.39, 0.29) is 5.89 Å². The first-order chi connectivity index (χ1) is 7.72. The second-order valence-corrected chi connectivity index (χ2v) is 3.86. The van der Waals surface area contributed by atoms with Crippen LogP contribution in [-0.4, -0.2) is 15.9 Å². The first kappa shape index (κ1) is 9.35. The van der Waals surface area contributed by atoms with E-state index >= 15 is 0 Å². The second-order valence-electron chi connectivity index (χ2n) is 3.43. The third-order valence-corrected chi connectivity index (χ3v) is 2.57. The summed E-state index contributed by atoms with van der Waals surface area (Å²) in [4.78, 5) is 15.1. The van der Waals surface area contributed by atoms with Crippen molar-refractivity contribution in [3.8, 4) is 0 Å². The molecule has 1 aromatic heterocycles. The number of nitrogens with zero attached hydrogens (tertiary/aromatic N) is 2. The maximum atomic E-state index is 10.8. The largest absolute Gasteiger partial charge is 0.434 e. The van der Waals surface area contributed by atoms with Crippen molar-refractivity contribution in [2.24, 2.45) is 4.99 Å². The van der Waals surface area contributed by atoms with Crippen LogP contribution in [0, 0.1) is 0 Å². The predicted molar refractivity (Wildman–Crippen MR) is 58.5 cm³/mol. The van der Waals surface area contributed by atoms with Gasteiger partial charge in [-0.15, -0.1) is 5.10 Å². The van der Waals surface area contributed by atoms with E-state index in [0.717, 1.165) is 11.3 Å². The van der Waals surface area contributed by atoms with Crippen molar-refractivity contribution in [1.82, 2.24) is 10.2 Å². The van der Waals surface area contributed by atoms with Crippen LogP contribution in [0.15, 0.2) is 32.4 Å². The van der Waals surface area contributed by atoms with Gasteiger partial charge in [0, 0.05) is 11.4 Å². The quantitative estimate of drug-likeness (QED) is 0.818. The van der Waals surface area contributed by atoms with Crippen molar-refractivity contribution >= 4 is 23.0 Å². The molecule has 1 aliphatic rings. The number of nitrogens with one attached hydrogen (secondary N) is 1. The summed E-state index contributed by atoms with van der Waals surface area (Å²) >= 11 is 5.88. The summed E-state index contributed by atoms with van der Waals surface area (Å²) in [6.07, 6.45) is 0.573. The maximum Gasteiger partial charge on any atom is 0.434 e. The molecule has 0 amide bonds. The van der Waals surface area contributed by atoms with Gasteiger partial charge in [-0.25, -0.2) is 14.9 Å². The molecule has 1 aliphatic heterocycles. The number of aliphatic imine (C=N–C) groups is 1. The molecule has 0 saturated carbocycles. The molecular formula is C10H6ClN3O2. The summed E-state index contributed by atoms with van der Waals surface area (Å²) in [5, 5.41) is 6.61. The van der Waals surface area contributed by atoms with Crippen molar-refractivity contribution in [3.63, 3.8) is 0 Å². The van der Waals surface area contributed by atoms with Crippen molar-refractivity contribution in [2.45, 2.75) is 6.42 Å². The van der Waals surface area contributed by atoms with Crippen LogP contribution < -0.4 is 5.76 Å². The highest BCUT2D eigenvalue weighted by molar-refractivity contribution is 6.30. The summed E-state index contributed by atoms with van der Waals surface area (Å²) in [5.41, 5.74) is 2.48. The Morgan fingerprint density at radius 3 is 3.06 bits per heavy atom. The zero-order valence-corrected chi connectivity index (χ0v) is 8.78. The van der Waals surface area contributed by atoms with E-state index in [2.05, 4.69) is 15.2 Å². The molecule has 0 radical (unpaired) electrons. The van der Waals surface area contributed by atoms with Gasteiger partial charge in [0.2, 0.25) is 0 Å². The SMILES string of the molecule is O=c1[nH]nc(C2=Nc3ccc(Cl)cc3C2)o1. The predicted octanol–water partition coefficient (Wildman–Crippen LogP) is 1.69. The van der Waals surface area contributed by atoms with E-state index in [9.17, 15) is 4.79 Å². The Labute approximate surface area is 94.8 Å². The third kappa shape index (κ3) is 1.45. The zero-order chi connectivity index (χ0) is 11.1. The molecule has 6 heteroatoms. The van der Waals surface area contributed by atoms with Crippen LogP contribution in [0.2, 0.25) is 5.02 Å². The molecule has 0 saturated heterocycles. The van der Waals surface area contributed by atoms with E-state index in [1.165, 1.54) is 0 Å². The van der Waals surface area contributed by atoms with Gasteiger partial charge < -0.3 is 4.42 Å². The molecule has 0 fully saturated rings. The molecule has 2 aromatic rings. The van der Waals surface area contributed by atoms with Crippen LogP contribution in [0.1, 0.15) is 11.5 Å². The molecule has 16 heavy (non-hydrogen) atoms. The highest BCUT2D eigenvalue weighted by Gasteiger charge is 2.20. The number of hydrogen-bond acceptors (Lipinski definition) is 4. The van der Waals surface area contributed by atoms with Gasteiger partial charge in [-0.2, -0.15) is 0 Å². The molecule has 2 heterocycles. The highest BCUT2D eigenvalue weighted by atomic mass is 35.5. The number of aromatic amines is 1. The number of benzene rings is 1. The lowest BCUT2D eigenvalue weighted by Gasteiger charge is -1.95. The number of rotatable bonds is 1. The molecule has 0 atom stereocenters. The smallest absolute Gasteiger partial charge is 0.386 e. The Morgan fingerprint density at radius 2 is 2.31 bits per heavy atom. The molecule has 0 spiro atoms. The Hall–Kier alpha value is -1.88. The van der Waals surface area contributed by atoms with Crippen LogP contribution in [-0.2, 0) is 6.42 Å². The summed E-state index contributed by atoms with van der Waals surface area (Å²) < 4.78 is 4.84. The average Bonchev–Trinajstić information content (AvgIpc) is 2.83. The lowest BCUT2D eigenvalue weighted by atomic mass is 10.1. The summed E-state index contributed by atoms with van der Waals surface area (Å²) in [5.74, 6) is -0.344. The van der Waals surface area contributed by atoms with Gasteiger partial charge in [0.05, 0.1) is 5.69 Å². The summed E-state index contributed by atoms with van der Waals surface area (Å²) in [6, 6.07) is 5.45. The molecular weight excluding hydrogens is 230 g/mol. The van der Waals surface area contributed by atoms with Gasteiger partial charge in [0.1, 0.15) is 5.71 Å². The molecule has 0 aliphatic carbocycles. The van der Waals surface area contributed by atoms with Crippen LogP contribution in [0.3, 0.4) is 0 Å². The van der Waals surface area contributed by atoms with E-state index in [1.54, 1.807) is 6.07 Å². The van der Waals surface area contributed by atoms with Crippen molar-refractivity contribution in [1.29, 1.82) is 0 Å². The number of H-pyrrole nitrogens is 1. The van der Waals surface area contributed by atoms with Crippen LogP contribution in [0.25, 0.3) is 0 Å². The molecule has 1 N–H and O–H groups in total. The van der Waals surface area contributed by atoms with Crippen LogP contribution in [0.4, 0.5) is 5.69 Å². The van der Waals surface area contributed by atoms with Gasteiger partial charge >= 0.3 is 5.76 Å². The lowest BCUT2D eigenvalue weighted by molar-refractivity contribution is 0.503. The zero-order valence-electron chi connectivity index (χ0n) is 8.03. The highest BCUT2D eigenvalue weighted by Crippen LogP contribution is 2.30. The van der Waals surface area contributed by atoms with E-state index in [0.29, 0.717) is 17.2 Å². The van der Waals surface area contributed by atoms with Gasteiger partial charge in [0.15, 0.2) is 0 Å². The van der Waals surface area contributed by atoms with Crippen LogP contribution in [0.5, 0.6) is 0 Å². The molecule has 1 aromatic carbocycles. The first-order valence-corrected chi connectivity index (χ1v) is 5.02. The minimum Gasteiger partial charge on any atom is -0.386 e. The number of fused-ring (bicyclic) bond motifs is 1. The Morgan fingerprint density at radius 1 is 1.44 bits per heavy atom. The summed E-state index contributed by atoms with van der Waals surface area (Å²) in [7, 11) is 0. The Balaban J connectivity index is 2.02. The number of halogens is 1. The number of hydrogen-bond donors (Lipinski definition) is 1. The van der Waals surface area contributed by atoms with E-state index in [1.807, 2.05) is 12.1 Å². The molecule has 80 valence electrons. The van der Waals surface area contributed by atoms with Crippen LogP contribution >= 0.6 is 11.6 Å². The lowest BCUT2D eigenvalue weighted by Crippen LogP contribution is -2.00. The van der Waals surface area contributed by atoms with Crippen molar-refractivity contribution < 1.29 is 4.42 Å². The molecule has 5 nitrogen and oxygen atoms in total. The molecule has 3 rings (SSSR count). The van der Waals surface area contributed by atoms with Gasteiger partial charge in [0.25, 0.3) is 5.89 Å². The van der Waals surface area contributed by atoms with Gasteiger partial charge in [-0.3, -0.25) is 0 Å². The van der Waals surface area contributed by atoms with Crippen molar-refractivity contribution in [3.05, 3.63) is 45.2 Å². The van der Waals surface area contributed by atoms with E-state index in [4.69, 9.17) is 16.0 Å². The monoisotopic (exact) mass is 235 g/mol. The summed E-state index contributed by atoms with van der Waals surface area (Å²) in [6.45, 7) is 0. The third-order valence-electron chi connectivity index (χ3n) is 2.34. The fraction of sp³-hybridized carbons (Fsp3) is 0.100. The fourth-order valence-electron chi connectivity index (χ4n) is 1.65. The first-order valence-electron chi connectivity index (χ1n) is 4.64. The van der Waals surface area contributed by atoms with E-state index < -0.39 is 5.76 Å². The molecule has 0 unspecified atom stereocenters. The Bertz CT molecular complexity index is 642. The second kappa shape index (κ2) is 3.31. The normalized spacial score (nSPS) is 13.7. The fourth-order valence-corrected chi connectivity index (χ4v) is 1.84. The van der Waals surface area contributed by atoms with Crippen molar-refractivity contribution in [2.75, 3.05) is 0 Å². The minimum absolute atomic E-state index is 0.234. The average molecular weight is 236 g/mol. The standard InChI is InChI=1S/C10H6ClN3O2/c11-6-1-2-7-5(3-6)4-8(12-7)9-13-14-10(15)16-9/h1-3H,4H2,(H,14,15).